The lowest BCUT2D eigenvalue weighted by atomic mass is 10.2. The van der Waals surface area contributed by atoms with Crippen molar-refractivity contribution in [1.29, 1.82) is 0 Å². The van der Waals surface area contributed by atoms with Crippen molar-refractivity contribution in [1.82, 2.24) is 15.0 Å². The maximum absolute atomic E-state index is 5.67. The van der Waals surface area contributed by atoms with Gasteiger partial charge < -0.3 is 4.98 Å². The van der Waals surface area contributed by atoms with E-state index in [0.29, 0.717) is 5.88 Å². The first kappa shape index (κ1) is 9.21. The van der Waals surface area contributed by atoms with Crippen LogP contribution in [0.5, 0.6) is 0 Å². The van der Waals surface area contributed by atoms with Crippen molar-refractivity contribution in [2.24, 2.45) is 0 Å². The third-order valence-electron chi connectivity index (χ3n) is 1.93. The molecule has 3 nitrogen and oxygen atoms in total. The first-order valence-electron chi connectivity index (χ1n) is 4.32. The van der Waals surface area contributed by atoms with Gasteiger partial charge in [-0.15, -0.1) is 11.6 Å². The average molecular weight is 208 g/mol. The fourth-order valence-corrected chi connectivity index (χ4v) is 1.36. The van der Waals surface area contributed by atoms with Crippen LogP contribution in [0.15, 0.2) is 24.5 Å². The Morgan fingerprint density at radius 1 is 1.43 bits per heavy atom. The van der Waals surface area contributed by atoms with E-state index in [1.54, 1.807) is 12.4 Å². The van der Waals surface area contributed by atoms with Crippen LogP contribution in [0, 0.1) is 6.92 Å². The summed E-state index contributed by atoms with van der Waals surface area (Å²) in [6.45, 7) is 2.02. The molecule has 0 aromatic carbocycles. The van der Waals surface area contributed by atoms with Gasteiger partial charge in [-0.05, 0) is 24.6 Å². The van der Waals surface area contributed by atoms with Crippen LogP contribution in [-0.2, 0) is 5.88 Å². The number of hydrogen-bond acceptors (Lipinski definition) is 2. The van der Waals surface area contributed by atoms with E-state index >= 15 is 0 Å². The minimum Gasteiger partial charge on any atom is -0.340 e. The highest BCUT2D eigenvalue weighted by atomic mass is 35.5. The van der Waals surface area contributed by atoms with Gasteiger partial charge in [-0.3, -0.25) is 4.98 Å². The molecule has 72 valence electrons. The SMILES string of the molecule is Cc1ccnc(-c2ncc(CCl)[nH]2)c1. The van der Waals surface area contributed by atoms with Crippen molar-refractivity contribution >= 4 is 11.6 Å². The molecule has 2 aromatic rings. The number of aryl methyl sites for hydroxylation is 1. The fraction of sp³-hybridized carbons (Fsp3) is 0.200. The number of aromatic nitrogens is 3. The Kier molecular flexibility index (Phi) is 2.50. The first-order valence-corrected chi connectivity index (χ1v) is 4.86. The second kappa shape index (κ2) is 3.80. The largest absolute Gasteiger partial charge is 0.340 e. The molecular weight excluding hydrogens is 198 g/mol. The summed E-state index contributed by atoms with van der Waals surface area (Å²) < 4.78 is 0. The highest BCUT2D eigenvalue weighted by Crippen LogP contribution is 2.14. The molecule has 1 N–H and O–H groups in total. The lowest BCUT2D eigenvalue weighted by molar-refractivity contribution is 1.18. The Morgan fingerprint density at radius 3 is 2.93 bits per heavy atom. The molecule has 0 saturated carbocycles. The van der Waals surface area contributed by atoms with Gasteiger partial charge in [0.1, 0.15) is 5.69 Å². The molecule has 0 saturated heterocycles. The molecule has 0 radical (unpaired) electrons. The molecule has 0 atom stereocenters. The van der Waals surface area contributed by atoms with E-state index in [0.717, 1.165) is 17.2 Å². The second-order valence-corrected chi connectivity index (χ2v) is 3.38. The van der Waals surface area contributed by atoms with E-state index in [9.17, 15) is 0 Å². The van der Waals surface area contributed by atoms with Crippen molar-refractivity contribution in [3.8, 4) is 11.5 Å². The molecule has 0 aliphatic rings. The summed E-state index contributed by atoms with van der Waals surface area (Å²) >= 11 is 5.67. The van der Waals surface area contributed by atoms with Crippen LogP contribution < -0.4 is 0 Å². The minimum atomic E-state index is 0.443. The van der Waals surface area contributed by atoms with Crippen molar-refractivity contribution < 1.29 is 0 Å². The van der Waals surface area contributed by atoms with E-state index < -0.39 is 0 Å². The molecule has 0 fully saturated rings. The predicted octanol–water partition coefficient (Wildman–Crippen LogP) is 2.52. The number of halogens is 1. The zero-order valence-electron chi connectivity index (χ0n) is 7.79. The number of hydrogen-bond donors (Lipinski definition) is 1. The maximum Gasteiger partial charge on any atom is 0.156 e. The summed E-state index contributed by atoms with van der Waals surface area (Å²) in [5.41, 5.74) is 2.92. The lowest BCUT2D eigenvalue weighted by Crippen LogP contribution is -1.86. The summed E-state index contributed by atoms with van der Waals surface area (Å²) in [7, 11) is 0. The normalized spacial score (nSPS) is 10.4. The van der Waals surface area contributed by atoms with E-state index in [4.69, 9.17) is 11.6 Å². The van der Waals surface area contributed by atoms with E-state index in [1.165, 1.54) is 5.56 Å². The second-order valence-electron chi connectivity index (χ2n) is 3.11. The molecule has 0 amide bonds. The van der Waals surface area contributed by atoms with Gasteiger partial charge in [0, 0.05) is 18.1 Å². The number of rotatable bonds is 2. The van der Waals surface area contributed by atoms with Gasteiger partial charge in [0.25, 0.3) is 0 Å². The number of aromatic amines is 1. The number of H-pyrrole nitrogens is 1. The van der Waals surface area contributed by atoms with E-state index in [-0.39, 0.29) is 0 Å². The van der Waals surface area contributed by atoms with Gasteiger partial charge in [0.15, 0.2) is 5.82 Å². The smallest absolute Gasteiger partial charge is 0.156 e. The zero-order chi connectivity index (χ0) is 9.97. The number of alkyl halides is 1. The predicted molar refractivity (Wildman–Crippen MR) is 56.1 cm³/mol. The molecule has 0 bridgehead atoms. The first-order chi connectivity index (χ1) is 6.79. The third-order valence-corrected chi connectivity index (χ3v) is 2.22. The van der Waals surface area contributed by atoms with Gasteiger partial charge in [-0.1, -0.05) is 0 Å². The molecule has 2 rings (SSSR count). The van der Waals surface area contributed by atoms with Crippen LogP contribution >= 0.6 is 11.6 Å². The Labute approximate surface area is 87.2 Å². The number of nitrogens with one attached hydrogen (secondary N) is 1. The minimum absolute atomic E-state index is 0.443. The summed E-state index contributed by atoms with van der Waals surface area (Å²) in [5, 5.41) is 0. The van der Waals surface area contributed by atoms with E-state index in [2.05, 4.69) is 15.0 Å². The average Bonchev–Trinajstić information content (AvgIpc) is 2.66. The number of imidazole rings is 1. The Bertz CT molecular complexity index is 436. The maximum atomic E-state index is 5.67. The molecule has 0 spiro atoms. The van der Waals surface area contributed by atoms with Crippen LogP contribution in [0.25, 0.3) is 11.5 Å². The standard InChI is InChI=1S/C10H10ClN3/c1-7-2-3-12-9(4-7)10-13-6-8(5-11)14-10/h2-4,6H,5H2,1H3,(H,13,14). The molecule has 4 heteroatoms. The van der Waals surface area contributed by atoms with Crippen LogP contribution in [0.1, 0.15) is 11.3 Å². The van der Waals surface area contributed by atoms with Gasteiger partial charge in [0.05, 0.1) is 5.88 Å². The van der Waals surface area contributed by atoms with Crippen LogP contribution in [0.3, 0.4) is 0 Å². The topological polar surface area (TPSA) is 41.6 Å². The highest BCUT2D eigenvalue weighted by Gasteiger charge is 2.03. The Balaban J connectivity index is 2.39. The van der Waals surface area contributed by atoms with Crippen molar-refractivity contribution in [2.45, 2.75) is 12.8 Å². The van der Waals surface area contributed by atoms with Crippen LogP contribution in [0.2, 0.25) is 0 Å². The van der Waals surface area contributed by atoms with Crippen molar-refractivity contribution in [2.75, 3.05) is 0 Å². The number of pyridine rings is 1. The highest BCUT2D eigenvalue weighted by molar-refractivity contribution is 6.16. The van der Waals surface area contributed by atoms with Gasteiger partial charge in [-0.25, -0.2) is 4.98 Å². The fourth-order valence-electron chi connectivity index (χ4n) is 1.22. The molecular formula is C10H10ClN3. The van der Waals surface area contributed by atoms with Crippen molar-refractivity contribution in [3.05, 3.63) is 35.8 Å². The van der Waals surface area contributed by atoms with Gasteiger partial charge in [0.2, 0.25) is 0 Å². The molecule has 2 aromatic heterocycles. The van der Waals surface area contributed by atoms with Crippen LogP contribution in [-0.4, -0.2) is 15.0 Å². The summed E-state index contributed by atoms with van der Waals surface area (Å²) in [6, 6.07) is 3.94. The van der Waals surface area contributed by atoms with Crippen LogP contribution in [0.4, 0.5) is 0 Å². The zero-order valence-corrected chi connectivity index (χ0v) is 8.54. The Morgan fingerprint density at radius 2 is 2.29 bits per heavy atom. The summed E-state index contributed by atoms with van der Waals surface area (Å²) in [4.78, 5) is 11.5. The van der Waals surface area contributed by atoms with Gasteiger partial charge >= 0.3 is 0 Å². The summed E-state index contributed by atoms with van der Waals surface area (Å²) in [6.07, 6.45) is 3.50. The number of nitrogens with zero attached hydrogens (tertiary/aromatic N) is 2. The molecule has 0 unspecified atom stereocenters. The molecule has 14 heavy (non-hydrogen) atoms. The summed E-state index contributed by atoms with van der Waals surface area (Å²) in [5.74, 6) is 1.21. The van der Waals surface area contributed by atoms with Crippen molar-refractivity contribution in [3.63, 3.8) is 0 Å². The monoisotopic (exact) mass is 207 g/mol. The molecule has 0 aliphatic carbocycles. The Hall–Kier alpha value is -1.35. The van der Waals surface area contributed by atoms with E-state index in [1.807, 2.05) is 19.1 Å². The van der Waals surface area contributed by atoms with Gasteiger partial charge in [-0.2, -0.15) is 0 Å². The molecule has 0 aliphatic heterocycles. The third kappa shape index (κ3) is 1.77. The lowest BCUT2D eigenvalue weighted by Gasteiger charge is -1.96. The molecule has 2 heterocycles. The quantitative estimate of drug-likeness (QED) is 0.769.